The highest BCUT2D eigenvalue weighted by molar-refractivity contribution is 9.09. The van der Waals surface area contributed by atoms with Gasteiger partial charge in [0.1, 0.15) is 0 Å². The summed E-state index contributed by atoms with van der Waals surface area (Å²) < 4.78 is 37.7. The van der Waals surface area contributed by atoms with Gasteiger partial charge in [0.05, 0.1) is 10.4 Å². The van der Waals surface area contributed by atoms with Gasteiger partial charge in [0, 0.05) is 9.75 Å². The summed E-state index contributed by atoms with van der Waals surface area (Å²) in [5, 5.41) is 0. The van der Waals surface area contributed by atoms with Crippen molar-refractivity contribution >= 4 is 27.3 Å². The predicted octanol–water partition coefficient (Wildman–Crippen LogP) is 6.55. The van der Waals surface area contributed by atoms with E-state index >= 15 is 0 Å². The Morgan fingerprint density at radius 3 is 1.95 bits per heavy atom. The van der Waals surface area contributed by atoms with Crippen LogP contribution in [0.25, 0.3) is 0 Å². The van der Waals surface area contributed by atoms with Crippen molar-refractivity contribution in [1.29, 1.82) is 0 Å². The van der Waals surface area contributed by atoms with Gasteiger partial charge in [-0.3, -0.25) is 0 Å². The number of hydrogen-bond acceptors (Lipinski definition) is 1. The molecule has 2 aromatic rings. The zero-order valence-corrected chi connectivity index (χ0v) is 14.4. The van der Waals surface area contributed by atoms with Gasteiger partial charge in [-0.25, -0.2) is 0 Å². The molecule has 1 heterocycles. The number of halogens is 4. The summed E-state index contributed by atoms with van der Waals surface area (Å²) in [5.41, 5.74) is 0.285. The van der Waals surface area contributed by atoms with E-state index in [4.69, 9.17) is 0 Å². The number of alkyl halides is 4. The molecule has 1 aromatic heterocycles. The van der Waals surface area contributed by atoms with Crippen molar-refractivity contribution < 1.29 is 13.2 Å². The minimum atomic E-state index is -4.29. The molecule has 0 aliphatic heterocycles. The molecule has 1 aromatic carbocycles. The average Bonchev–Trinajstić information content (AvgIpc) is 2.86. The fourth-order valence-electron chi connectivity index (χ4n) is 1.90. The Bertz CT molecular complexity index is 606. The fourth-order valence-corrected chi connectivity index (χ4v) is 3.71. The van der Waals surface area contributed by atoms with E-state index in [-0.39, 0.29) is 10.2 Å². The van der Waals surface area contributed by atoms with Crippen molar-refractivity contribution in [2.75, 3.05) is 0 Å². The van der Waals surface area contributed by atoms with E-state index in [1.165, 1.54) is 17.0 Å². The summed E-state index contributed by atoms with van der Waals surface area (Å²) in [6.45, 7) is 6.43. The molecule has 0 fully saturated rings. The molecule has 0 bridgehead atoms. The lowest BCUT2D eigenvalue weighted by Gasteiger charge is -2.16. The van der Waals surface area contributed by atoms with E-state index in [2.05, 4.69) is 42.8 Å². The molecule has 0 spiro atoms. The van der Waals surface area contributed by atoms with E-state index < -0.39 is 11.7 Å². The van der Waals surface area contributed by atoms with Crippen LogP contribution in [0.1, 0.15) is 46.5 Å². The van der Waals surface area contributed by atoms with E-state index in [0.717, 1.165) is 22.6 Å². The van der Waals surface area contributed by atoms with Gasteiger partial charge in [-0.2, -0.15) is 13.2 Å². The molecule has 1 atom stereocenters. The van der Waals surface area contributed by atoms with E-state index in [1.807, 2.05) is 6.07 Å². The quantitative estimate of drug-likeness (QED) is 0.521. The predicted molar refractivity (Wildman–Crippen MR) is 85.2 cm³/mol. The fraction of sp³-hybridized carbons (Fsp3) is 0.375. The van der Waals surface area contributed by atoms with Crippen LogP contribution in [-0.4, -0.2) is 0 Å². The summed E-state index contributed by atoms with van der Waals surface area (Å²) in [4.78, 5) is 2.27. The number of thiophene rings is 1. The molecule has 0 saturated heterocycles. The largest absolute Gasteiger partial charge is 0.416 e. The van der Waals surface area contributed by atoms with Gasteiger partial charge >= 0.3 is 6.18 Å². The maximum absolute atomic E-state index is 12.6. The maximum atomic E-state index is 12.6. The van der Waals surface area contributed by atoms with Crippen LogP contribution in [0.4, 0.5) is 13.2 Å². The highest BCUT2D eigenvalue weighted by Gasteiger charge is 2.30. The summed E-state index contributed by atoms with van der Waals surface area (Å²) >= 11 is 5.26. The van der Waals surface area contributed by atoms with Crippen molar-refractivity contribution in [2.24, 2.45) is 0 Å². The third-order valence-electron chi connectivity index (χ3n) is 3.15. The molecular weight excluding hydrogens is 361 g/mol. The Morgan fingerprint density at radius 1 is 0.952 bits per heavy atom. The van der Waals surface area contributed by atoms with Crippen molar-refractivity contribution in [1.82, 2.24) is 0 Å². The zero-order chi connectivity index (χ0) is 15.8. The number of rotatable bonds is 2. The summed E-state index contributed by atoms with van der Waals surface area (Å²) in [7, 11) is 0. The van der Waals surface area contributed by atoms with E-state index in [1.54, 1.807) is 11.3 Å². The van der Waals surface area contributed by atoms with Gasteiger partial charge in [-0.05, 0) is 35.2 Å². The molecule has 2 rings (SSSR count). The Kier molecular flexibility index (Phi) is 4.54. The Hall–Kier alpha value is -0.810. The monoisotopic (exact) mass is 376 g/mol. The smallest absolute Gasteiger partial charge is 0.166 e. The highest BCUT2D eigenvalue weighted by atomic mass is 79.9. The average molecular weight is 377 g/mol. The minimum absolute atomic E-state index is 0.0791. The Morgan fingerprint density at radius 2 is 1.52 bits per heavy atom. The second-order valence-corrected chi connectivity index (χ2v) is 7.97. The molecule has 0 saturated carbocycles. The lowest BCUT2D eigenvalue weighted by molar-refractivity contribution is -0.137. The number of hydrogen-bond donors (Lipinski definition) is 0. The Balaban J connectivity index is 2.24. The molecule has 5 heteroatoms. The van der Waals surface area contributed by atoms with Crippen LogP contribution < -0.4 is 0 Å². The van der Waals surface area contributed by atoms with Crippen LogP contribution in [0.15, 0.2) is 36.4 Å². The first-order valence-electron chi connectivity index (χ1n) is 6.50. The SMILES string of the molecule is CC(C)(C)c1ccc(C(Br)c2ccc(C(F)(F)F)cc2)s1. The van der Waals surface area contributed by atoms with Gasteiger partial charge in [-0.1, -0.05) is 48.8 Å². The van der Waals surface area contributed by atoms with Gasteiger partial charge < -0.3 is 0 Å². The van der Waals surface area contributed by atoms with Crippen LogP contribution >= 0.6 is 27.3 Å². The third kappa shape index (κ3) is 3.89. The van der Waals surface area contributed by atoms with Gasteiger partial charge in [-0.15, -0.1) is 11.3 Å². The second kappa shape index (κ2) is 5.76. The van der Waals surface area contributed by atoms with Crippen molar-refractivity contribution in [2.45, 2.75) is 37.2 Å². The van der Waals surface area contributed by atoms with E-state index in [9.17, 15) is 13.2 Å². The summed E-state index contributed by atoms with van der Waals surface area (Å²) in [6.07, 6.45) is -4.29. The summed E-state index contributed by atoms with van der Waals surface area (Å²) in [5.74, 6) is 0. The second-order valence-electron chi connectivity index (χ2n) is 5.93. The molecule has 0 radical (unpaired) electrons. The molecule has 0 nitrogen and oxygen atoms in total. The first kappa shape index (κ1) is 16.6. The Labute approximate surface area is 135 Å². The molecular formula is C16H16BrF3S. The minimum Gasteiger partial charge on any atom is -0.166 e. The van der Waals surface area contributed by atoms with Crippen LogP contribution in [0.5, 0.6) is 0 Å². The van der Waals surface area contributed by atoms with Crippen molar-refractivity contribution in [3.8, 4) is 0 Å². The van der Waals surface area contributed by atoms with Crippen LogP contribution in [0, 0.1) is 0 Å². The van der Waals surface area contributed by atoms with Gasteiger partial charge in [0.15, 0.2) is 0 Å². The normalized spacial score (nSPS) is 14.2. The molecule has 0 aliphatic rings. The molecule has 1 unspecified atom stereocenters. The van der Waals surface area contributed by atoms with Crippen molar-refractivity contribution in [3.63, 3.8) is 0 Å². The summed E-state index contributed by atoms with van der Waals surface area (Å²) in [6, 6.07) is 9.42. The third-order valence-corrected chi connectivity index (χ3v) is 6.05. The van der Waals surface area contributed by atoms with Gasteiger partial charge in [0.2, 0.25) is 0 Å². The molecule has 0 aliphatic carbocycles. The first-order valence-corrected chi connectivity index (χ1v) is 8.23. The number of benzene rings is 1. The van der Waals surface area contributed by atoms with Gasteiger partial charge in [0.25, 0.3) is 0 Å². The van der Waals surface area contributed by atoms with Crippen LogP contribution in [0.3, 0.4) is 0 Å². The maximum Gasteiger partial charge on any atom is 0.416 e. The molecule has 114 valence electrons. The highest BCUT2D eigenvalue weighted by Crippen LogP contribution is 2.39. The standard InChI is InChI=1S/C16H16BrF3S/c1-15(2,3)13-9-8-12(21-13)14(17)10-4-6-11(7-5-10)16(18,19)20/h4-9,14H,1-3H3. The van der Waals surface area contributed by atoms with Crippen LogP contribution in [-0.2, 0) is 11.6 Å². The van der Waals surface area contributed by atoms with E-state index in [0.29, 0.717) is 0 Å². The molecule has 0 N–H and O–H groups in total. The molecule has 21 heavy (non-hydrogen) atoms. The van der Waals surface area contributed by atoms with Crippen LogP contribution in [0.2, 0.25) is 0 Å². The van der Waals surface area contributed by atoms with Crippen molar-refractivity contribution in [3.05, 3.63) is 57.3 Å². The topological polar surface area (TPSA) is 0 Å². The first-order chi connectivity index (χ1) is 9.59. The lowest BCUT2D eigenvalue weighted by atomic mass is 9.95. The zero-order valence-electron chi connectivity index (χ0n) is 12.0. The molecule has 0 amide bonds. The lowest BCUT2D eigenvalue weighted by Crippen LogP contribution is -2.07.